The van der Waals surface area contributed by atoms with Crippen molar-refractivity contribution in [3.63, 3.8) is 0 Å². The van der Waals surface area contributed by atoms with Crippen LogP contribution in [0.4, 0.5) is 16.2 Å². The topological polar surface area (TPSA) is 105 Å². The van der Waals surface area contributed by atoms with Crippen molar-refractivity contribution in [2.24, 2.45) is 5.92 Å². The molecule has 2 heterocycles. The summed E-state index contributed by atoms with van der Waals surface area (Å²) < 4.78 is 11.1. The zero-order chi connectivity index (χ0) is 28.2. The van der Waals surface area contributed by atoms with Crippen LogP contribution in [-0.2, 0) is 9.53 Å². The van der Waals surface area contributed by atoms with Gasteiger partial charge in [0.05, 0.1) is 5.92 Å². The van der Waals surface area contributed by atoms with E-state index in [4.69, 9.17) is 20.9 Å². The van der Waals surface area contributed by atoms with Crippen LogP contribution in [0, 0.1) is 12.8 Å². The Balaban J connectivity index is 1.27. The van der Waals surface area contributed by atoms with Crippen molar-refractivity contribution >= 4 is 35.0 Å². The van der Waals surface area contributed by atoms with Crippen molar-refractivity contribution in [1.29, 1.82) is 0 Å². The number of piperidine rings is 1. The molecule has 1 amide bonds. The molecule has 1 aliphatic heterocycles. The number of carbonyl (C=O) groups excluding carboxylic acids is 1. The minimum absolute atomic E-state index is 0.326. The molecule has 4 aromatic rings. The van der Waals surface area contributed by atoms with Gasteiger partial charge in [-0.1, -0.05) is 71.4 Å². The number of rotatable bonds is 7. The Morgan fingerprint density at radius 2 is 1.70 bits per heavy atom. The van der Waals surface area contributed by atoms with E-state index in [1.807, 2.05) is 66.7 Å². The molecule has 0 bridgehead atoms. The fraction of sp³-hybridized carbons (Fsp3) is 0.258. The van der Waals surface area contributed by atoms with Gasteiger partial charge in [0.2, 0.25) is 0 Å². The second kappa shape index (κ2) is 11.8. The number of carboxylic acid groups (broad SMARTS) is 1. The maximum atomic E-state index is 12.7. The fourth-order valence-electron chi connectivity index (χ4n) is 4.97. The number of benzene rings is 3. The average molecular weight is 560 g/mol. The predicted octanol–water partition coefficient (Wildman–Crippen LogP) is 7.58. The number of aliphatic carboxylic acids is 1. The summed E-state index contributed by atoms with van der Waals surface area (Å²) in [5, 5.41) is 16.7. The summed E-state index contributed by atoms with van der Waals surface area (Å²) >= 11 is 6.23. The quantitative estimate of drug-likeness (QED) is 0.240. The molecular weight excluding hydrogens is 530 g/mol. The summed E-state index contributed by atoms with van der Waals surface area (Å²) in [6, 6.07) is 23.1. The van der Waals surface area contributed by atoms with E-state index in [0.717, 1.165) is 41.8 Å². The van der Waals surface area contributed by atoms with Crippen molar-refractivity contribution in [3.8, 4) is 22.5 Å². The van der Waals surface area contributed by atoms with E-state index in [-0.39, 0.29) is 5.92 Å². The van der Waals surface area contributed by atoms with Crippen LogP contribution in [0.5, 0.6) is 0 Å². The van der Waals surface area contributed by atoms with E-state index >= 15 is 0 Å². The number of nitrogens with one attached hydrogen (secondary N) is 1. The van der Waals surface area contributed by atoms with Crippen LogP contribution < -0.4 is 10.2 Å². The van der Waals surface area contributed by atoms with Gasteiger partial charge in [0, 0.05) is 34.9 Å². The van der Waals surface area contributed by atoms with Gasteiger partial charge in [0.25, 0.3) is 0 Å². The molecule has 5 rings (SSSR count). The molecule has 2 N–H and O–H groups in total. The van der Waals surface area contributed by atoms with Crippen LogP contribution in [0.25, 0.3) is 22.5 Å². The highest BCUT2D eigenvalue weighted by Gasteiger charge is 2.25. The molecule has 3 aromatic carbocycles. The van der Waals surface area contributed by atoms with Gasteiger partial charge >= 0.3 is 12.1 Å². The molecular formula is C31H30ClN3O5. The standard InChI is InChI=1S/C31H30ClN3O5/c1-19-28(33-31(38)39-20(2)26-7-3-4-8-27(26)32)29(40-34-19)23-11-9-21(10-12-23)22-13-15-25(16-14-22)35-17-5-6-24(18-35)30(36)37/h3-4,7-16,20,24H,5-6,17-18H2,1-2H3,(H,33,38)(H,36,37)/t20-,24+/m1/s1. The van der Waals surface area contributed by atoms with Crippen LogP contribution in [0.3, 0.4) is 0 Å². The van der Waals surface area contributed by atoms with Crippen LogP contribution in [0.2, 0.25) is 5.02 Å². The third-order valence-electron chi connectivity index (χ3n) is 7.20. The molecule has 0 unspecified atom stereocenters. The first-order chi connectivity index (χ1) is 19.3. The number of hydrogen-bond acceptors (Lipinski definition) is 6. The second-order valence-corrected chi connectivity index (χ2v) is 10.3. The molecule has 0 radical (unpaired) electrons. The van der Waals surface area contributed by atoms with Crippen molar-refractivity contribution in [2.45, 2.75) is 32.8 Å². The van der Waals surface area contributed by atoms with Crippen molar-refractivity contribution in [1.82, 2.24) is 5.16 Å². The molecule has 0 spiro atoms. The van der Waals surface area contributed by atoms with E-state index in [0.29, 0.717) is 34.3 Å². The summed E-state index contributed by atoms with van der Waals surface area (Å²) in [5.74, 6) is -0.627. The Labute approximate surface area is 237 Å². The molecule has 1 aliphatic rings. The van der Waals surface area contributed by atoms with Gasteiger partial charge in [-0.05, 0) is 56.0 Å². The Kier molecular flexibility index (Phi) is 8.07. The maximum absolute atomic E-state index is 12.7. The van der Waals surface area contributed by atoms with Crippen LogP contribution >= 0.6 is 11.6 Å². The third-order valence-corrected chi connectivity index (χ3v) is 7.54. The van der Waals surface area contributed by atoms with Gasteiger partial charge in [0.15, 0.2) is 5.76 Å². The minimum atomic E-state index is -0.731. The number of aromatic nitrogens is 1. The normalized spacial score (nSPS) is 15.9. The number of hydrogen-bond donors (Lipinski definition) is 2. The van der Waals surface area contributed by atoms with E-state index in [1.54, 1.807) is 19.9 Å². The Morgan fingerprint density at radius 1 is 1.05 bits per heavy atom. The van der Waals surface area contributed by atoms with Crippen LogP contribution in [0.1, 0.15) is 37.1 Å². The molecule has 40 heavy (non-hydrogen) atoms. The Bertz CT molecular complexity index is 1500. The first-order valence-corrected chi connectivity index (χ1v) is 13.5. The predicted molar refractivity (Wildman–Crippen MR) is 155 cm³/mol. The lowest BCUT2D eigenvalue weighted by Crippen LogP contribution is -2.38. The van der Waals surface area contributed by atoms with E-state index in [9.17, 15) is 14.7 Å². The van der Waals surface area contributed by atoms with Crippen molar-refractivity contribution < 1.29 is 24.0 Å². The summed E-state index contributed by atoms with van der Waals surface area (Å²) in [6.45, 7) is 4.89. The van der Waals surface area contributed by atoms with E-state index in [2.05, 4.69) is 15.4 Å². The Hall–Kier alpha value is -4.30. The number of carbonyl (C=O) groups is 2. The second-order valence-electron chi connectivity index (χ2n) is 9.91. The average Bonchev–Trinajstić information content (AvgIpc) is 3.32. The molecule has 1 saturated heterocycles. The number of anilines is 2. The lowest BCUT2D eigenvalue weighted by molar-refractivity contribution is -0.141. The zero-order valence-corrected chi connectivity index (χ0v) is 23.0. The molecule has 2 atom stereocenters. The van der Waals surface area contributed by atoms with Crippen LogP contribution in [-0.4, -0.2) is 35.4 Å². The number of amides is 1. The lowest BCUT2D eigenvalue weighted by atomic mass is 9.97. The highest BCUT2D eigenvalue weighted by molar-refractivity contribution is 6.31. The molecule has 1 aromatic heterocycles. The Morgan fingerprint density at radius 3 is 2.38 bits per heavy atom. The largest absolute Gasteiger partial charge is 0.481 e. The number of carboxylic acids is 1. The molecule has 9 heteroatoms. The smallest absolute Gasteiger partial charge is 0.412 e. The van der Waals surface area contributed by atoms with Gasteiger partial charge in [-0.2, -0.15) is 0 Å². The SMILES string of the molecule is Cc1noc(-c2ccc(-c3ccc(N4CCC[C@H](C(=O)O)C4)cc3)cc2)c1NC(=O)O[C@H](C)c1ccccc1Cl. The van der Waals surface area contributed by atoms with Crippen molar-refractivity contribution in [3.05, 3.63) is 89.1 Å². The van der Waals surface area contributed by atoms with E-state index in [1.165, 1.54) is 0 Å². The van der Waals surface area contributed by atoms with Gasteiger partial charge in [-0.25, -0.2) is 4.79 Å². The highest BCUT2D eigenvalue weighted by Crippen LogP contribution is 2.34. The number of nitrogens with zero attached hydrogens (tertiary/aromatic N) is 2. The van der Waals surface area contributed by atoms with Gasteiger partial charge in [0.1, 0.15) is 17.5 Å². The first kappa shape index (κ1) is 27.3. The monoisotopic (exact) mass is 559 g/mol. The molecule has 0 aliphatic carbocycles. The number of ether oxygens (including phenoxy) is 1. The van der Waals surface area contributed by atoms with E-state index < -0.39 is 18.2 Å². The lowest BCUT2D eigenvalue weighted by Gasteiger charge is -2.32. The molecule has 206 valence electrons. The maximum Gasteiger partial charge on any atom is 0.412 e. The summed E-state index contributed by atoms with van der Waals surface area (Å²) in [5.41, 5.74) is 5.50. The van der Waals surface area contributed by atoms with Crippen molar-refractivity contribution in [2.75, 3.05) is 23.3 Å². The highest BCUT2D eigenvalue weighted by atomic mass is 35.5. The summed E-state index contributed by atoms with van der Waals surface area (Å²) in [7, 11) is 0. The minimum Gasteiger partial charge on any atom is -0.481 e. The first-order valence-electron chi connectivity index (χ1n) is 13.2. The molecule has 0 saturated carbocycles. The molecule has 1 fully saturated rings. The zero-order valence-electron chi connectivity index (χ0n) is 22.3. The number of halogens is 1. The third kappa shape index (κ3) is 5.97. The van der Waals surface area contributed by atoms with Gasteiger partial charge in [-0.3, -0.25) is 10.1 Å². The summed E-state index contributed by atoms with van der Waals surface area (Å²) in [6.07, 6.45) is 0.411. The van der Waals surface area contributed by atoms with Gasteiger partial charge < -0.3 is 19.3 Å². The van der Waals surface area contributed by atoms with Gasteiger partial charge in [-0.15, -0.1) is 0 Å². The van der Waals surface area contributed by atoms with Crippen LogP contribution in [0.15, 0.2) is 77.3 Å². The summed E-state index contributed by atoms with van der Waals surface area (Å²) in [4.78, 5) is 26.2. The number of aryl methyl sites for hydroxylation is 1. The molecule has 8 nitrogen and oxygen atoms in total. The fourth-order valence-corrected chi connectivity index (χ4v) is 5.26.